The van der Waals surface area contributed by atoms with Gasteiger partial charge in [0.05, 0.1) is 0 Å². The van der Waals surface area contributed by atoms with Crippen LogP contribution in [0.3, 0.4) is 0 Å². The van der Waals surface area contributed by atoms with Crippen molar-refractivity contribution in [3.8, 4) is 5.75 Å². The largest absolute Gasteiger partial charge is 0.480 e. The molecule has 100 valence electrons. The van der Waals surface area contributed by atoms with Gasteiger partial charge in [-0.15, -0.1) is 0 Å². The van der Waals surface area contributed by atoms with Gasteiger partial charge in [-0.05, 0) is 44.0 Å². The summed E-state index contributed by atoms with van der Waals surface area (Å²) in [5.74, 6) is 0.344. The summed E-state index contributed by atoms with van der Waals surface area (Å²) in [6, 6.07) is 4.12. The van der Waals surface area contributed by atoms with Gasteiger partial charge in [-0.3, -0.25) is 4.79 Å². The first-order valence-corrected chi connectivity index (χ1v) is 6.20. The van der Waals surface area contributed by atoms with Crippen molar-refractivity contribution in [1.29, 1.82) is 0 Å². The average molecular weight is 250 g/mol. The highest BCUT2D eigenvalue weighted by Crippen LogP contribution is 2.26. The zero-order chi connectivity index (χ0) is 13.7. The minimum Gasteiger partial charge on any atom is -0.480 e. The van der Waals surface area contributed by atoms with Gasteiger partial charge in [0.15, 0.2) is 6.10 Å². The van der Waals surface area contributed by atoms with Gasteiger partial charge in [0.25, 0.3) is 5.91 Å². The maximum absolute atomic E-state index is 11.2. The van der Waals surface area contributed by atoms with Crippen LogP contribution in [0.15, 0.2) is 12.1 Å². The molecule has 0 heterocycles. The molecule has 1 aromatic carbocycles. The third-order valence-corrected chi connectivity index (χ3v) is 2.85. The topological polar surface area (TPSA) is 64.3 Å². The Morgan fingerprint density at radius 3 is 2.33 bits per heavy atom. The van der Waals surface area contributed by atoms with Gasteiger partial charge in [-0.25, -0.2) is 0 Å². The Morgan fingerprint density at radius 2 is 1.94 bits per heavy atom. The molecule has 0 bridgehead atoms. The van der Waals surface area contributed by atoms with Crippen LogP contribution in [0.25, 0.3) is 0 Å². The lowest BCUT2D eigenvalue weighted by Gasteiger charge is -2.19. The van der Waals surface area contributed by atoms with Gasteiger partial charge in [0.2, 0.25) is 0 Å². The van der Waals surface area contributed by atoms with Crippen molar-refractivity contribution in [2.24, 2.45) is 5.73 Å². The van der Waals surface area contributed by atoms with Crippen LogP contribution in [0.1, 0.15) is 30.0 Å². The van der Waals surface area contributed by atoms with Crippen molar-refractivity contribution < 1.29 is 9.53 Å². The second-order valence-electron chi connectivity index (χ2n) is 4.51. The maximum Gasteiger partial charge on any atom is 0.258 e. The van der Waals surface area contributed by atoms with Crippen LogP contribution in [0.5, 0.6) is 5.75 Å². The molecular formula is C14H22N2O2. The van der Waals surface area contributed by atoms with Crippen LogP contribution >= 0.6 is 0 Å². The predicted octanol–water partition coefficient (Wildman–Crippen LogP) is 1.67. The molecule has 0 fully saturated rings. The normalized spacial score (nSPS) is 12.2. The molecule has 1 amide bonds. The molecule has 4 heteroatoms. The number of amides is 1. The third kappa shape index (κ3) is 3.47. The van der Waals surface area contributed by atoms with Crippen molar-refractivity contribution in [3.63, 3.8) is 0 Å². The monoisotopic (exact) mass is 250 g/mol. The number of rotatable bonds is 6. The Labute approximate surface area is 109 Å². The molecule has 0 aliphatic rings. The lowest BCUT2D eigenvalue weighted by molar-refractivity contribution is -0.124. The summed E-state index contributed by atoms with van der Waals surface area (Å²) in [5.41, 5.74) is 8.56. The van der Waals surface area contributed by atoms with E-state index in [1.165, 1.54) is 5.56 Å². The second kappa shape index (κ2) is 6.40. The van der Waals surface area contributed by atoms with Gasteiger partial charge in [-0.2, -0.15) is 0 Å². The van der Waals surface area contributed by atoms with E-state index in [0.717, 1.165) is 23.4 Å². The summed E-state index contributed by atoms with van der Waals surface area (Å²) in [4.78, 5) is 11.2. The molecule has 1 unspecified atom stereocenters. The van der Waals surface area contributed by atoms with Crippen LogP contribution in [0.2, 0.25) is 0 Å². The van der Waals surface area contributed by atoms with Crippen molar-refractivity contribution in [2.45, 2.75) is 39.8 Å². The maximum atomic E-state index is 11.2. The molecule has 1 rings (SSSR count). The smallest absolute Gasteiger partial charge is 0.258 e. The van der Waals surface area contributed by atoms with Gasteiger partial charge < -0.3 is 15.8 Å². The zero-order valence-electron chi connectivity index (χ0n) is 11.5. The van der Waals surface area contributed by atoms with Crippen molar-refractivity contribution >= 4 is 5.91 Å². The first-order valence-electron chi connectivity index (χ1n) is 6.20. The van der Waals surface area contributed by atoms with E-state index in [1.807, 2.05) is 27.8 Å². The Hall–Kier alpha value is -1.55. The molecule has 0 aromatic heterocycles. The minimum absolute atomic E-state index is 0.421. The number of primary amides is 1. The van der Waals surface area contributed by atoms with E-state index in [4.69, 9.17) is 10.5 Å². The highest BCUT2D eigenvalue weighted by atomic mass is 16.5. The standard InChI is InChI=1S/C14H22N2O2/c1-5-12(14(15)17)18-13-9(2)6-11(8-16-4)7-10(13)3/h6-7,12,16H,5,8H2,1-4H3,(H2,15,17). The zero-order valence-corrected chi connectivity index (χ0v) is 11.5. The minimum atomic E-state index is -0.558. The Morgan fingerprint density at radius 1 is 1.39 bits per heavy atom. The molecule has 0 radical (unpaired) electrons. The van der Waals surface area contributed by atoms with Gasteiger partial charge in [0.1, 0.15) is 5.75 Å². The van der Waals surface area contributed by atoms with Gasteiger partial charge in [-0.1, -0.05) is 19.1 Å². The second-order valence-corrected chi connectivity index (χ2v) is 4.51. The first kappa shape index (κ1) is 14.5. The van der Waals surface area contributed by atoms with Crippen molar-refractivity contribution in [2.75, 3.05) is 7.05 Å². The number of carbonyl (C=O) groups is 1. The third-order valence-electron chi connectivity index (χ3n) is 2.85. The number of ether oxygens (including phenoxy) is 1. The first-order chi connectivity index (χ1) is 8.49. The quantitative estimate of drug-likeness (QED) is 0.807. The molecular weight excluding hydrogens is 228 g/mol. The summed E-state index contributed by atoms with van der Waals surface area (Å²) in [6.45, 7) is 6.66. The number of nitrogens with one attached hydrogen (secondary N) is 1. The fourth-order valence-electron chi connectivity index (χ4n) is 2.02. The van der Waals surface area contributed by atoms with E-state index < -0.39 is 12.0 Å². The Kier molecular flexibility index (Phi) is 5.16. The SMILES string of the molecule is CCC(Oc1c(C)cc(CNC)cc1C)C(N)=O. The van der Waals surface area contributed by atoms with E-state index in [9.17, 15) is 4.79 Å². The van der Waals surface area contributed by atoms with Gasteiger partial charge >= 0.3 is 0 Å². The molecule has 18 heavy (non-hydrogen) atoms. The van der Waals surface area contributed by atoms with Crippen LogP contribution in [0, 0.1) is 13.8 Å². The number of aryl methyl sites for hydroxylation is 2. The molecule has 1 aromatic rings. The fraction of sp³-hybridized carbons (Fsp3) is 0.500. The molecule has 1 atom stereocenters. The Balaban J connectivity index is 2.99. The summed E-state index contributed by atoms with van der Waals surface area (Å²) in [7, 11) is 1.91. The molecule has 0 aliphatic carbocycles. The van der Waals surface area contributed by atoms with E-state index in [0.29, 0.717) is 6.42 Å². The lowest BCUT2D eigenvalue weighted by Crippen LogP contribution is -2.33. The number of carbonyl (C=O) groups excluding carboxylic acids is 1. The number of hydrogen-bond acceptors (Lipinski definition) is 3. The number of nitrogens with two attached hydrogens (primary N) is 1. The highest BCUT2D eigenvalue weighted by molar-refractivity contribution is 5.79. The highest BCUT2D eigenvalue weighted by Gasteiger charge is 2.17. The molecule has 0 spiro atoms. The lowest BCUT2D eigenvalue weighted by atomic mass is 10.1. The predicted molar refractivity (Wildman–Crippen MR) is 72.6 cm³/mol. The molecule has 0 saturated heterocycles. The molecule has 4 nitrogen and oxygen atoms in total. The number of hydrogen-bond donors (Lipinski definition) is 2. The van der Waals surface area contributed by atoms with E-state index in [1.54, 1.807) is 0 Å². The van der Waals surface area contributed by atoms with Crippen LogP contribution in [-0.2, 0) is 11.3 Å². The fourth-order valence-corrected chi connectivity index (χ4v) is 2.02. The summed E-state index contributed by atoms with van der Waals surface area (Å²) in [5, 5.41) is 3.11. The molecule has 0 saturated carbocycles. The molecule has 0 aliphatic heterocycles. The summed E-state index contributed by atoms with van der Waals surface area (Å²) >= 11 is 0. The van der Waals surface area contributed by atoms with Crippen LogP contribution in [0.4, 0.5) is 0 Å². The van der Waals surface area contributed by atoms with E-state index in [2.05, 4.69) is 17.4 Å². The summed E-state index contributed by atoms with van der Waals surface area (Å²) < 4.78 is 5.72. The average Bonchev–Trinajstić information content (AvgIpc) is 2.28. The molecule has 3 N–H and O–H groups in total. The van der Waals surface area contributed by atoms with E-state index >= 15 is 0 Å². The Bertz CT molecular complexity index is 407. The van der Waals surface area contributed by atoms with Crippen LogP contribution in [-0.4, -0.2) is 19.1 Å². The summed E-state index contributed by atoms with van der Waals surface area (Å²) in [6.07, 6.45) is 0.0180. The van der Waals surface area contributed by atoms with Crippen molar-refractivity contribution in [1.82, 2.24) is 5.32 Å². The number of benzene rings is 1. The van der Waals surface area contributed by atoms with Crippen LogP contribution < -0.4 is 15.8 Å². The van der Waals surface area contributed by atoms with Gasteiger partial charge in [0, 0.05) is 6.54 Å². The van der Waals surface area contributed by atoms with Crippen molar-refractivity contribution in [3.05, 3.63) is 28.8 Å². The van der Waals surface area contributed by atoms with E-state index in [-0.39, 0.29) is 0 Å².